The Morgan fingerprint density at radius 1 is 1.48 bits per heavy atom. The molecule has 3 N–H and O–H groups in total. The zero-order chi connectivity index (χ0) is 15.1. The van der Waals surface area contributed by atoms with Gasteiger partial charge >= 0.3 is 0 Å². The average molecular weight is 291 g/mol. The molecule has 0 radical (unpaired) electrons. The lowest BCUT2D eigenvalue weighted by Gasteiger charge is -2.32. The number of ether oxygens (including phenoxy) is 1. The first-order chi connectivity index (χ1) is 10.2. The van der Waals surface area contributed by atoms with Crippen molar-refractivity contribution >= 4 is 5.91 Å². The van der Waals surface area contributed by atoms with Crippen molar-refractivity contribution in [2.75, 3.05) is 32.8 Å². The van der Waals surface area contributed by atoms with Crippen molar-refractivity contribution in [3.63, 3.8) is 0 Å². The Hall–Kier alpha value is -1.43. The average Bonchev–Trinajstić information content (AvgIpc) is 2.53. The number of carbonyl (C=O) groups excluding carboxylic acids is 1. The minimum atomic E-state index is -0.515. The van der Waals surface area contributed by atoms with Gasteiger partial charge in [0.1, 0.15) is 0 Å². The second-order valence-electron chi connectivity index (χ2n) is 5.43. The van der Waals surface area contributed by atoms with Crippen molar-refractivity contribution in [1.29, 1.82) is 0 Å². The van der Waals surface area contributed by atoms with Crippen molar-refractivity contribution in [2.45, 2.75) is 25.5 Å². The van der Waals surface area contributed by atoms with Crippen LogP contribution < -0.4 is 11.1 Å². The number of likely N-dealkylation sites (N-methyl/N-ethyl adjacent to an activating group) is 1. The van der Waals surface area contributed by atoms with E-state index in [2.05, 4.69) is 17.1 Å². The Balaban J connectivity index is 1.73. The zero-order valence-electron chi connectivity index (χ0n) is 12.6. The lowest BCUT2D eigenvalue weighted by molar-refractivity contribution is -0.123. The van der Waals surface area contributed by atoms with Crippen molar-refractivity contribution in [3.05, 3.63) is 35.9 Å². The molecule has 1 aliphatic heterocycles. The van der Waals surface area contributed by atoms with E-state index in [-0.39, 0.29) is 12.0 Å². The van der Waals surface area contributed by atoms with Crippen LogP contribution in [0.15, 0.2) is 30.3 Å². The van der Waals surface area contributed by atoms with Crippen LogP contribution in [0.1, 0.15) is 12.5 Å². The highest BCUT2D eigenvalue weighted by Crippen LogP contribution is 2.05. The van der Waals surface area contributed by atoms with Crippen LogP contribution in [-0.4, -0.2) is 55.7 Å². The summed E-state index contributed by atoms with van der Waals surface area (Å²) in [4.78, 5) is 14.4. The summed E-state index contributed by atoms with van der Waals surface area (Å²) in [6.45, 7) is 6.24. The topological polar surface area (TPSA) is 67.6 Å². The second kappa shape index (κ2) is 8.12. The van der Waals surface area contributed by atoms with Gasteiger partial charge in [-0.25, -0.2) is 0 Å². The summed E-state index contributed by atoms with van der Waals surface area (Å²) in [5, 5.41) is 2.90. The largest absolute Gasteiger partial charge is 0.374 e. The standard InChI is InChI=1S/C16H25N3O2/c1-2-19-8-9-21-14(12-19)11-18-16(20)15(17)10-13-6-4-3-5-7-13/h3-7,14-15H,2,8-12,17H2,1H3,(H,18,20)/t14?,15-/m1/s1. The molecule has 1 aromatic rings. The molecule has 5 heteroatoms. The Morgan fingerprint density at radius 3 is 2.95 bits per heavy atom. The molecule has 0 bridgehead atoms. The predicted octanol–water partition coefficient (Wildman–Crippen LogP) is 0.393. The van der Waals surface area contributed by atoms with Crippen LogP contribution in [0.3, 0.4) is 0 Å². The van der Waals surface area contributed by atoms with E-state index < -0.39 is 6.04 Å². The molecule has 116 valence electrons. The molecule has 21 heavy (non-hydrogen) atoms. The van der Waals surface area contributed by atoms with Crippen molar-refractivity contribution in [2.24, 2.45) is 5.73 Å². The van der Waals surface area contributed by atoms with Crippen LogP contribution in [0, 0.1) is 0 Å². The van der Waals surface area contributed by atoms with E-state index in [9.17, 15) is 4.79 Å². The van der Waals surface area contributed by atoms with Crippen molar-refractivity contribution in [1.82, 2.24) is 10.2 Å². The number of benzene rings is 1. The molecule has 0 saturated carbocycles. The first-order valence-corrected chi connectivity index (χ1v) is 7.60. The molecule has 1 aliphatic rings. The summed E-state index contributed by atoms with van der Waals surface area (Å²) in [6.07, 6.45) is 0.616. The number of amides is 1. The summed E-state index contributed by atoms with van der Waals surface area (Å²) in [5.74, 6) is -0.115. The quantitative estimate of drug-likeness (QED) is 0.796. The first-order valence-electron chi connectivity index (χ1n) is 7.60. The maximum atomic E-state index is 12.0. The molecule has 2 rings (SSSR count). The Kier molecular flexibility index (Phi) is 6.17. The van der Waals surface area contributed by atoms with E-state index in [0.29, 0.717) is 13.0 Å². The third-order valence-electron chi connectivity index (χ3n) is 3.81. The fraction of sp³-hybridized carbons (Fsp3) is 0.562. The molecule has 0 aliphatic carbocycles. The fourth-order valence-corrected chi connectivity index (χ4v) is 2.50. The Morgan fingerprint density at radius 2 is 2.24 bits per heavy atom. The van der Waals surface area contributed by atoms with Gasteiger partial charge in [0.05, 0.1) is 18.8 Å². The summed E-state index contributed by atoms with van der Waals surface area (Å²) in [5.41, 5.74) is 7.03. The number of morpholine rings is 1. The molecule has 1 amide bonds. The van der Waals surface area contributed by atoms with Gasteiger partial charge in [0, 0.05) is 19.6 Å². The number of carbonyl (C=O) groups is 1. The molecule has 1 saturated heterocycles. The SMILES string of the molecule is CCN1CCOC(CNC(=O)[C@H](N)Cc2ccccc2)C1. The van der Waals surface area contributed by atoms with E-state index in [1.165, 1.54) is 0 Å². The first kappa shape index (κ1) is 15.9. The van der Waals surface area contributed by atoms with Gasteiger partial charge < -0.3 is 15.8 Å². The second-order valence-corrected chi connectivity index (χ2v) is 5.43. The van der Waals surface area contributed by atoms with E-state index >= 15 is 0 Å². The predicted molar refractivity (Wildman–Crippen MR) is 83.0 cm³/mol. The maximum absolute atomic E-state index is 12.0. The van der Waals surface area contributed by atoms with Gasteiger partial charge in [0.15, 0.2) is 0 Å². The highest BCUT2D eigenvalue weighted by molar-refractivity contribution is 5.81. The third-order valence-corrected chi connectivity index (χ3v) is 3.81. The minimum Gasteiger partial charge on any atom is -0.374 e. The molecule has 1 fully saturated rings. The van der Waals surface area contributed by atoms with Gasteiger partial charge in [-0.2, -0.15) is 0 Å². The van der Waals surface area contributed by atoms with E-state index in [4.69, 9.17) is 10.5 Å². The number of nitrogens with one attached hydrogen (secondary N) is 1. The molecule has 1 heterocycles. The van der Waals surface area contributed by atoms with Crippen LogP contribution >= 0.6 is 0 Å². The summed E-state index contributed by atoms with van der Waals surface area (Å²) < 4.78 is 5.66. The van der Waals surface area contributed by atoms with Gasteiger partial charge in [-0.05, 0) is 18.5 Å². The molecule has 0 spiro atoms. The highest BCUT2D eigenvalue weighted by Gasteiger charge is 2.21. The molecule has 1 unspecified atom stereocenters. The molecular weight excluding hydrogens is 266 g/mol. The van der Waals surface area contributed by atoms with Crippen molar-refractivity contribution < 1.29 is 9.53 Å². The molecule has 1 aromatic carbocycles. The Bertz CT molecular complexity index is 438. The summed E-state index contributed by atoms with van der Waals surface area (Å²) in [6, 6.07) is 9.31. The van der Waals surface area contributed by atoms with Gasteiger partial charge in [0.2, 0.25) is 5.91 Å². The van der Waals surface area contributed by atoms with E-state index in [0.717, 1.165) is 31.8 Å². The zero-order valence-corrected chi connectivity index (χ0v) is 12.6. The van der Waals surface area contributed by atoms with Crippen LogP contribution in [0.4, 0.5) is 0 Å². The van der Waals surface area contributed by atoms with Gasteiger partial charge in [-0.15, -0.1) is 0 Å². The smallest absolute Gasteiger partial charge is 0.237 e. The monoisotopic (exact) mass is 291 g/mol. The minimum absolute atomic E-state index is 0.0616. The van der Waals surface area contributed by atoms with E-state index in [1.54, 1.807) is 0 Å². The number of hydrogen-bond acceptors (Lipinski definition) is 4. The number of nitrogens with zero attached hydrogens (tertiary/aromatic N) is 1. The normalized spacial score (nSPS) is 21.0. The molecule has 2 atom stereocenters. The number of rotatable bonds is 6. The van der Waals surface area contributed by atoms with E-state index in [1.807, 2.05) is 30.3 Å². The van der Waals surface area contributed by atoms with Crippen LogP contribution in [-0.2, 0) is 16.0 Å². The molecular formula is C16H25N3O2. The van der Waals surface area contributed by atoms with Crippen LogP contribution in [0.2, 0.25) is 0 Å². The van der Waals surface area contributed by atoms with Gasteiger partial charge in [-0.3, -0.25) is 9.69 Å². The Labute approximate surface area is 126 Å². The summed E-state index contributed by atoms with van der Waals surface area (Å²) in [7, 11) is 0. The molecule has 5 nitrogen and oxygen atoms in total. The maximum Gasteiger partial charge on any atom is 0.237 e. The third kappa shape index (κ3) is 5.12. The number of nitrogens with two attached hydrogens (primary N) is 1. The lowest BCUT2D eigenvalue weighted by atomic mass is 10.1. The van der Waals surface area contributed by atoms with Crippen molar-refractivity contribution in [3.8, 4) is 0 Å². The summed E-state index contributed by atoms with van der Waals surface area (Å²) >= 11 is 0. The van der Waals surface area contributed by atoms with Crippen LogP contribution in [0.5, 0.6) is 0 Å². The van der Waals surface area contributed by atoms with Gasteiger partial charge in [-0.1, -0.05) is 37.3 Å². The number of hydrogen-bond donors (Lipinski definition) is 2. The highest BCUT2D eigenvalue weighted by atomic mass is 16.5. The fourth-order valence-electron chi connectivity index (χ4n) is 2.50. The van der Waals surface area contributed by atoms with Gasteiger partial charge in [0.25, 0.3) is 0 Å². The molecule has 0 aromatic heterocycles. The lowest BCUT2D eigenvalue weighted by Crippen LogP contribution is -2.50. The van der Waals surface area contributed by atoms with Crippen LogP contribution in [0.25, 0.3) is 0 Å².